The van der Waals surface area contributed by atoms with Gasteiger partial charge in [-0.05, 0) is 25.3 Å². The van der Waals surface area contributed by atoms with Gasteiger partial charge in [0.1, 0.15) is 6.04 Å². The number of aliphatic carboxylic acids is 1. The molecule has 1 aromatic carbocycles. The minimum absolute atomic E-state index is 0.00685. The number of carboxylic acid groups (broad SMARTS) is 1. The van der Waals surface area contributed by atoms with Crippen molar-refractivity contribution in [2.45, 2.75) is 32.2 Å². The predicted octanol–water partition coefficient (Wildman–Crippen LogP) is 0.860. The number of rotatable bonds is 7. The first-order chi connectivity index (χ1) is 11.8. The van der Waals surface area contributed by atoms with Gasteiger partial charge in [-0.25, -0.2) is 17.5 Å². The second-order valence-electron chi connectivity index (χ2n) is 6.19. The van der Waals surface area contributed by atoms with Gasteiger partial charge in [0.2, 0.25) is 15.9 Å². The fraction of sp³-hybridized carbons (Fsp3) is 0.529. The first-order valence-electron chi connectivity index (χ1n) is 8.38. The molecular weight excluding hydrogens is 344 g/mol. The fourth-order valence-corrected chi connectivity index (χ4v) is 4.11. The van der Waals surface area contributed by atoms with Crippen LogP contribution in [0.3, 0.4) is 0 Å². The SMILES string of the molecule is CCS(=O)(=O)N1CCCC(C(=O)N[C@H](Cc2ccccc2)C(=O)O)C1. The highest BCUT2D eigenvalue weighted by atomic mass is 32.2. The highest BCUT2D eigenvalue weighted by molar-refractivity contribution is 7.89. The molecule has 0 saturated carbocycles. The Morgan fingerprint density at radius 2 is 2.00 bits per heavy atom. The molecule has 0 bridgehead atoms. The molecule has 8 heteroatoms. The molecule has 0 aromatic heterocycles. The lowest BCUT2D eigenvalue weighted by atomic mass is 9.97. The summed E-state index contributed by atoms with van der Waals surface area (Å²) in [5.74, 6) is -2.04. The average molecular weight is 368 g/mol. The number of nitrogens with one attached hydrogen (secondary N) is 1. The number of amides is 1. The third-order valence-corrected chi connectivity index (χ3v) is 6.26. The summed E-state index contributed by atoms with van der Waals surface area (Å²) < 4.78 is 25.3. The van der Waals surface area contributed by atoms with E-state index in [4.69, 9.17) is 0 Å². The van der Waals surface area contributed by atoms with E-state index < -0.39 is 33.9 Å². The van der Waals surface area contributed by atoms with Gasteiger partial charge in [-0.1, -0.05) is 30.3 Å². The van der Waals surface area contributed by atoms with Crippen molar-refractivity contribution < 1.29 is 23.1 Å². The summed E-state index contributed by atoms with van der Waals surface area (Å²) >= 11 is 0. The molecule has 0 spiro atoms. The minimum atomic E-state index is -3.34. The largest absolute Gasteiger partial charge is 0.480 e. The molecular formula is C17H24N2O5S. The van der Waals surface area contributed by atoms with Crippen LogP contribution in [0, 0.1) is 5.92 Å². The number of carbonyl (C=O) groups excluding carboxylic acids is 1. The van der Waals surface area contributed by atoms with Crippen molar-refractivity contribution >= 4 is 21.9 Å². The molecule has 2 N–H and O–H groups in total. The van der Waals surface area contributed by atoms with Gasteiger partial charge >= 0.3 is 5.97 Å². The van der Waals surface area contributed by atoms with Crippen molar-refractivity contribution in [3.63, 3.8) is 0 Å². The van der Waals surface area contributed by atoms with Crippen molar-refractivity contribution in [1.29, 1.82) is 0 Å². The molecule has 138 valence electrons. The first kappa shape index (κ1) is 19.4. The summed E-state index contributed by atoms with van der Waals surface area (Å²) in [6.45, 7) is 2.09. The number of sulfonamides is 1. The zero-order valence-corrected chi connectivity index (χ0v) is 15.0. The summed E-state index contributed by atoms with van der Waals surface area (Å²) in [6.07, 6.45) is 1.33. The van der Waals surface area contributed by atoms with Crippen LogP contribution in [0.15, 0.2) is 30.3 Å². The molecule has 7 nitrogen and oxygen atoms in total. The lowest BCUT2D eigenvalue weighted by Crippen LogP contribution is -2.50. The number of nitrogens with zero attached hydrogens (tertiary/aromatic N) is 1. The Labute approximate surface area is 148 Å². The maximum absolute atomic E-state index is 12.5. The van der Waals surface area contributed by atoms with Crippen molar-refractivity contribution in [1.82, 2.24) is 9.62 Å². The van der Waals surface area contributed by atoms with Crippen molar-refractivity contribution in [3.8, 4) is 0 Å². The van der Waals surface area contributed by atoms with E-state index in [0.29, 0.717) is 19.4 Å². The molecule has 1 unspecified atom stereocenters. The Kier molecular flexibility index (Phi) is 6.55. The highest BCUT2D eigenvalue weighted by Crippen LogP contribution is 2.20. The van der Waals surface area contributed by atoms with Crippen LogP contribution < -0.4 is 5.32 Å². The molecule has 25 heavy (non-hydrogen) atoms. The van der Waals surface area contributed by atoms with Gasteiger partial charge in [0.25, 0.3) is 0 Å². The van der Waals surface area contributed by atoms with E-state index in [1.807, 2.05) is 18.2 Å². The average Bonchev–Trinajstić information content (AvgIpc) is 2.62. The molecule has 1 fully saturated rings. The maximum atomic E-state index is 12.5. The predicted molar refractivity (Wildman–Crippen MR) is 93.5 cm³/mol. The van der Waals surface area contributed by atoms with E-state index in [0.717, 1.165) is 5.56 Å². The minimum Gasteiger partial charge on any atom is -0.480 e. The molecule has 1 aromatic rings. The molecule has 2 rings (SSSR count). The van der Waals surface area contributed by atoms with Gasteiger partial charge < -0.3 is 10.4 Å². The Balaban J connectivity index is 2.02. The van der Waals surface area contributed by atoms with Gasteiger partial charge in [-0.3, -0.25) is 4.79 Å². The quantitative estimate of drug-likeness (QED) is 0.743. The summed E-state index contributed by atoms with van der Waals surface area (Å²) in [5.41, 5.74) is 0.814. The fourth-order valence-electron chi connectivity index (χ4n) is 2.93. The van der Waals surface area contributed by atoms with Crippen LogP contribution in [-0.2, 0) is 26.0 Å². The third kappa shape index (κ3) is 5.27. The van der Waals surface area contributed by atoms with Crippen LogP contribution >= 0.6 is 0 Å². The van der Waals surface area contributed by atoms with Crippen LogP contribution in [0.25, 0.3) is 0 Å². The van der Waals surface area contributed by atoms with Gasteiger partial charge in [0, 0.05) is 19.5 Å². The van der Waals surface area contributed by atoms with E-state index in [9.17, 15) is 23.1 Å². The Morgan fingerprint density at radius 3 is 2.60 bits per heavy atom. The molecule has 0 aliphatic carbocycles. The molecule has 1 amide bonds. The molecule has 0 radical (unpaired) electrons. The lowest BCUT2D eigenvalue weighted by Gasteiger charge is -2.31. The highest BCUT2D eigenvalue weighted by Gasteiger charge is 2.33. The zero-order valence-electron chi connectivity index (χ0n) is 14.2. The van der Waals surface area contributed by atoms with Gasteiger partial charge in [0.05, 0.1) is 11.7 Å². The summed E-state index contributed by atoms with van der Waals surface area (Å²) in [6, 6.07) is 8.03. The molecule has 1 heterocycles. The van der Waals surface area contributed by atoms with E-state index >= 15 is 0 Å². The van der Waals surface area contributed by atoms with Crippen LogP contribution in [0.5, 0.6) is 0 Å². The normalized spacial score (nSPS) is 20.0. The summed E-state index contributed by atoms with van der Waals surface area (Å²) in [7, 11) is -3.34. The van der Waals surface area contributed by atoms with E-state index in [-0.39, 0.29) is 18.7 Å². The monoisotopic (exact) mass is 368 g/mol. The van der Waals surface area contributed by atoms with Crippen molar-refractivity contribution in [3.05, 3.63) is 35.9 Å². The Bertz CT molecular complexity index is 705. The molecule has 1 aliphatic rings. The van der Waals surface area contributed by atoms with Crippen LogP contribution in [0.4, 0.5) is 0 Å². The third-order valence-electron chi connectivity index (χ3n) is 4.41. The van der Waals surface area contributed by atoms with Crippen molar-refractivity contribution in [2.24, 2.45) is 5.92 Å². The van der Waals surface area contributed by atoms with E-state index in [2.05, 4.69) is 5.32 Å². The van der Waals surface area contributed by atoms with Crippen LogP contribution in [-0.4, -0.2) is 54.6 Å². The molecule has 1 aliphatic heterocycles. The Morgan fingerprint density at radius 1 is 1.32 bits per heavy atom. The Hall–Kier alpha value is -1.93. The van der Waals surface area contributed by atoms with E-state index in [1.54, 1.807) is 19.1 Å². The maximum Gasteiger partial charge on any atom is 0.326 e. The van der Waals surface area contributed by atoms with Gasteiger partial charge in [-0.15, -0.1) is 0 Å². The standard InChI is InChI=1S/C17H24N2O5S/c1-2-25(23,24)19-10-6-9-14(12-19)16(20)18-15(17(21)22)11-13-7-4-3-5-8-13/h3-5,7-8,14-15H,2,6,9-12H2,1H3,(H,18,20)(H,21,22)/t14?,15-/m1/s1. The number of piperidine rings is 1. The second-order valence-corrected chi connectivity index (χ2v) is 8.44. The van der Waals surface area contributed by atoms with Crippen LogP contribution in [0.2, 0.25) is 0 Å². The second kappa shape index (κ2) is 8.44. The zero-order chi connectivity index (χ0) is 18.4. The number of carboxylic acids is 1. The van der Waals surface area contributed by atoms with E-state index in [1.165, 1.54) is 4.31 Å². The number of benzene rings is 1. The van der Waals surface area contributed by atoms with Gasteiger partial charge in [0.15, 0.2) is 0 Å². The molecule has 2 atom stereocenters. The summed E-state index contributed by atoms with van der Waals surface area (Å²) in [5, 5.41) is 11.9. The number of carbonyl (C=O) groups is 2. The first-order valence-corrected chi connectivity index (χ1v) is 9.99. The van der Waals surface area contributed by atoms with Crippen LogP contribution in [0.1, 0.15) is 25.3 Å². The van der Waals surface area contributed by atoms with Crippen molar-refractivity contribution in [2.75, 3.05) is 18.8 Å². The smallest absolute Gasteiger partial charge is 0.326 e. The topological polar surface area (TPSA) is 104 Å². The number of hydrogen-bond acceptors (Lipinski definition) is 4. The van der Waals surface area contributed by atoms with Gasteiger partial charge in [-0.2, -0.15) is 0 Å². The number of hydrogen-bond donors (Lipinski definition) is 2. The summed E-state index contributed by atoms with van der Waals surface area (Å²) in [4.78, 5) is 23.9. The molecule has 1 saturated heterocycles. The lowest BCUT2D eigenvalue weighted by molar-refractivity contribution is -0.142.